The third-order valence-corrected chi connectivity index (χ3v) is 4.22. The predicted molar refractivity (Wildman–Crippen MR) is 90.2 cm³/mol. The Bertz CT molecular complexity index is 726. The SMILES string of the molecule is Nc1ccccc1Cc1nc(N[C@H]2CCCNC2)ncc1C(F)(F)F. The lowest BCUT2D eigenvalue weighted by atomic mass is 10.0. The summed E-state index contributed by atoms with van der Waals surface area (Å²) in [5, 5.41) is 6.36. The molecular weight excluding hydrogens is 331 g/mol. The number of nitrogens with two attached hydrogens (primary N) is 1. The van der Waals surface area contributed by atoms with Crippen molar-refractivity contribution in [2.24, 2.45) is 0 Å². The quantitative estimate of drug-likeness (QED) is 0.739. The molecule has 134 valence electrons. The molecule has 1 aliphatic rings. The van der Waals surface area contributed by atoms with Crippen LogP contribution >= 0.6 is 0 Å². The molecule has 3 rings (SSSR count). The highest BCUT2D eigenvalue weighted by Gasteiger charge is 2.35. The molecule has 0 unspecified atom stereocenters. The van der Waals surface area contributed by atoms with E-state index in [1.165, 1.54) is 0 Å². The molecule has 25 heavy (non-hydrogen) atoms. The lowest BCUT2D eigenvalue weighted by Crippen LogP contribution is -2.38. The van der Waals surface area contributed by atoms with Gasteiger partial charge in [0, 0.05) is 30.9 Å². The predicted octanol–water partition coefficient (Wildman–Crippen LogP) is 2.83. The second kappa shape index (κ2) is 7.26. The first-order chi connectivity index (χ1) is 11.9. The number of anilines is 2. The number of nitrogen functional groups attached to an aromatic ring is 1. The van der Waals surface area contributed by atoms with E-state index in [1.54, 1.807) is 24.3 Å². The average molecular weight is 351 g/mol. The Morgan fingerprint density at radius 1 is 1.28 bits per heavy atom. The zero-order valence-electron chi connectivity index (χ0n) is 13.6. The minimum absolute atomic E-state index is 0.00162. The second-order valence-electron chi connectivity index (χ2n) is 6.11. The van der Waals surface area contributed by atoms with Crippen LogP contribution in [0.4, 0.5) is 24.8 Å². The highest BCUT2D eigenvalue weighted by atomic mass is 19.4. The van der Waals surface area contributed by atoms with E-state index >= 15 is 0 Å². The van der Waals surface area contributed by atoms with E-state index in [0.29, 0.717) is 11.3 Å². The fraction of sp³-hybridized carbons (Fsp3) is 0.412. The van der Waals surface area contributed by atoms with Gasteiger partial charge in [-0.3, -0.25) is 0 Å². The topological polar surface area (TPSA) is 75.9 Å². The molecule has 2 aromatic rings. The fourth-order valence-electron chi connectivity index (χ4n) is 2.89. The van der Waals surface area contributed by atoms with E-state index in [-0.39, 0.29) is 24.1 Å². The van der Waals surface area contributed by atoms with Crippen molar-refractivity contribution in [2.45, 2.75) is 31.5 Å². The Labute approximate surface area is 143 Å². The van der Waals surface area contributed by atoms with Gasteiger partial charge in [-0.1, -0.05) is 18.2 Å². The minimum Gasteiger partial charge on any atom is -0.398 e. The Morgan fingerprint density at radius 3 is 2.76 bits per heavy atom. The molecule has 0 bridgehead atoms. The summed E-state index contributed by atoms with van der Waals surface area (Å²) >= 11 is 0. The summed E-state index contributed by atoms with van der Waals surface area (Å²) in [6.07, 6.45) is -1.73. The van der Waals surface area contributed by atoms with Gasteiger partial charge >= 0.3 is 6.18 Å². The van der Waals surface area contributed by atoms with Crippen molar-refractivity contribution in [1.82, 2.24) is 15.3 Å². The number of nitrogens with one attached hydrogen (secondary N) is 2. The average Bonchev–Trinajstić information content (AvgIpc) is 2.57. The largest absolute Gasteiger partial charge is 0.419 e. The van der Waals surface area contributed by atoms with Crippen molar-refractivity contribution in [1.29, 1.82) is 0 Å². The zero-order valence-corrected chi connectivity index (χ0v) is 13.6. The number of benzene rings is 1. The van der Waals surface area contributed by atoms with Crippen LogP contribution in [-0.2, 0) is 12.6 Å². The van der Waals surface area contributed by atoms with Gasteiger partial charge in [-0.15, -0.1) is 0 Å². The third kappa shape index (κ3) is 4.39. The van der Waals surface area contributed by atoms with E-state index in [0.717, 1.165) is 32.1 Å². The molecule has 2 heterocycles. The maximum absolute atomic E-state index is 13.3. The summed E-state index contributed by atoms with van der Waals surface area (Å²) in [4.78, 5) is 8.01. The zero-order chi connectivity index (χ0) is 17.9. The summed E-state index contributed by atoms with van der Waals surface area (Å²) in [5.41, 5.74) is 6.01. The maximum Gasteiger partial charge on any atom is 0.419 e. The molecule has 0 saturated carbocycles. The first kappa shape index (κ1) is 17.5. The van der Waals surface area contributed by atoms with Gasteiger partial charge in [0.15, 0.2) is 0 Å². The van der Waals surface area contributed by atoms with E-state index in [1.807, 2.05) is 0 Å². The molecule has 5 nitrogen and oxygen atoms in total. The molecule has 0 spiro atoms. The van der Waals surface area contributed by atoms with Crippen molar-refractivity contribution in [3.63, 3.8) is 0 Å². The van der Waals surface area contributed by atoms with Crippen LogP contribution in [0.15, 0.2) is 30.5 Å². The summed E-state index contributed by atoms with van der Waals surface area (Å²) in [6, 6.07) is 6.96. The van der Waals surface area contributed by atoms with Crippen molar-refractivity contribution in [2.75, 3.05) is 24.1 Å². The van der Waals surface area contributed by atoms with Gasteiger partial charge in [0.25, 0.3) is 0 Å². The molecule has 0 radical (unpaired) electrons. The Hall–Kier alpha value is -2.35. The van der Waals surface area contributed by atoms with Gasteiger partial charge in [0.05, 0.1) is 11.3 Å². The van der Waals surface area contributed by atoms with E-state index in [4.69, 9.17) is 5.73 Å². The van der Waals surface area contributed by atoms with Crippen LogP contribution in [0.2, 0.25) is 0 Å². The molecular formula is C17H20F3N5. The van der Waals surface area contributed by atoms with Crippen molar-refractivity contribution in [3.8, 4) is 0 Å². The first-order valence-electron chi connectivity index (χ1n) is 8.17. The Balaban J connectivity index is 1.89. The number of aromatic nitrogens is 2. The minimum atomic E-state index is -4.51. The number of hydrogen-bond acceptors (Lipinski definition) is 5. The number of piperidine rings is 1. The molecule has 0 amide bonds. The number of nitrogens with zero attached hydrogens (tertiary/aromatic N) is 2. The maximum atomic E-state index is 13.3. The molecule has 1 aromatic heterocycles. The van der Waals surface area contributed by atoms with Gasteiger partial charge < -0.3 is 16.4 Å². The molecule has 1 aromatic carbocycles. The molecule has 0 aliphatic carbocycles. The normalized spacial score (nSPS) is 18.1. The van der Waals surface area contributed by atoms with Crippen LogP contribution in [0.5, 0.6) is 0 Å². The van der Waals surface area contributed by atoms with Crippen molar-refractivity contribution >= 4 is 11.6 Å². The molecule has 1 saturated heterocycles. The Kier molecular flexibility index (Phi) is 5.08. The molecule has 1 fully saturated rings. The summed E-state index contributed by atoms with van der Waals surface area (Å²) in [7, 11) is 0. The lowest BCUT2D eigenvalue weighted by molar-refractivity contribution is -0.138. The van der Waals surface area contributed by atoms with Crippen molar-refractivity contribution in [3.05, 3.63) is 47.3 Å². The number of para-hydroxylation sites is 1. The van der Waals surface area contributed by atoms with Crippen LogP contribution in [0.3, 0.4) is 0 Å². The van der Waals surface area contributed by atoms with Crippen LogP contribution < -0.4 is 16.4 Å². The van der Waals surface area contributed by atoms with Gasteiger partial charge in [-0.25, -0.2) is 9.97 Å². The van der Waals surface area contributed by atoms with Gasteiger partial charge in [0.1, 0.15) is 0 Å². The third-order valence-electron chi connectivity index (χ3n) is 4.22. The van der Waals surface area contributed by atoms with Crippen LogP contribution in [0.25, 0.3) is 0 Å². The molecule has 1 atom stereocenters. The highest BCUT2D eigenvalue weighted by molar-refractivity contribution is 5.49. The molecule has 1 aliphatic heterocycles. The summed E-state index contributed by atoms with van der Waals surface area (Å²) < 4.78 is 39.9. The lowest BCUT2D eigenvalue weighted by Gasteiger charge is -2.24. The summed E-state index contributed by atoms with van der Waals surface area (Å²) in [5.74, 6) is 0.214. The van der Waals surface area contributed by atoms with E-state index in [2.05, 4.69) is 20.6 Å². The van der Waals surface area contributed by atoms with Gasteiger partial charge in [-0.2, -0.15) is 13.2 Å². The highest BCUT2D eigenvalue weighted by Crippen LogP contribution is 2.32. The summed E-state index contributed by atoms with van der Waals surface area (Å²) in [6.45, 7) is 1.69. The molecule has 4 N–H and O–H groups in total. The fourth-order valence-corrected chi connectivity index (χ4v) is 2.89. The monoisotopic (exact) mass is 351 g/mol. The van der Waals surface area contributed by atoms with Gasteiger partial charge in [-0.05, 0) is 31.0 Å². The smallest absolute Gasteiger partial charge is 0.398 e. The number of alkyl halides is 3. The number of hydrogen-bond donors (Lipinski definition) is 3. The van der Waals surface area contributed by atoms with Gasteiger partial charge in [0.2, 0.25) is 5.95 Å². The van der Waals surface area contributed by atoms with Crippen molar-refractivity contribution < 1.29 is 13.2 Å². The van der Waals surface area contributed by atoms with E-state index < -0.39 is 11.7 Å². The first-order valence-corrected chi connectivity index (χ1v) is 8.17. The van der Waals surface area contributed by atoms with Crippen LogP contribution in [-0.4, -0.2) is 29.1 Å². The van der Waals surface area contributed by atoms with E-state index in [9.17, 15) is 13.2 Å². The number of rotatable bonds is 4. The second-order valence-corrected chi connectivity index (χ2v) is 6.11. The Morgan fingerprint density at radius 2 is 2.08 bits per heavy atom. The number of halogens is 3. The standard InChI is InChI=1S/C17H20F3N5/c18-17(19,20)13-10-23-16(24-12-5-3-7-22-9-12)25-15(13)8-11-4-1-2-6-14(11)21/h1-2,4,6,10,12,22H,3,5,7-9,21H2,(H,23,24,25)/t12-/m0/s1. The molecule has 8 heteroatoms. The van der Waals surface area contributed by atoms with Crippen LogP contribution in [0.1, 0.15) is 29.7 Å². The van der Waals surface area contributed by atoms with Crippen LogP contribution in [0, 0.1) is 0 Å².